The summed E-state index contributed by atoms with van der Waals surface area (Å²) in [6, 6.07) is 6.93. The minimum absolute atomic E-state index is 0.122. The summed E-state index contributed by atoms with van der Waals surface area (Å²) in [7, 11) is 0. The number of rotatable bonds is 7. The van der Waals surface area contributed by atoms with Crippen LogP contribution >= 0.6 is 11.6 Å². The number of benzene rings is 1. The van der Waals surface area contributed by atoms with E-state index in [1.807, 2.05) is 13.8 Å². The van der Waals surface area contributed by atoms with Gasteiger partial charge in [0.2, 0.25) is 5.91 Å². The number of para-hydroxylation sites is 1. The van der Waals surface area contributed by atoms with Crippen molar-refractivity contribution in [2.45, 2.75) is 33.6 Å². The summed E-state index contributed by atoms with van der Waals surface area (Å²) < 4.78 is 0. The predicted octanol–water partition coefficient (Wildman–Crippen LogP) is 2.72. The molecule has 0 bridgehead atoms. The highest BCUT2D eigenvalue weighted by Gasteiger charge is 2.22. The van der Waals surface area contributed by atoms with Gasteiger partial charge >= 0.3 is 0 Å². The van der Waals surface area contributed by atoms with Gasteiger partial charge in [-0.3, -0.25) is 4.79 Å². The van der Waals surface area contributed by atoms with Gasteiger partial charge in [-0.05, 0) is 30.4 Å². The summed E-state index contributed by atoms with van der Waals surface area (Å²) in [6.45, 7) is 5.66. The van der Waals surface area contributed by atoms with E-state index in [1.165, 1.54) is 0 Å². The molecule has 0 fully saturated rings. The Hall–Kier alpha value is -1.55. The molecule has 1 aromatic rings. The molecule has 1 amide bonds. The third kappa shape index (κ3) is 5.76. The summed E-state index contributed by atoms with van der Waals surface area (Å²) >= 11 is 5.97. The smallest absolute Gasteiger partial charge is 0.224 e. The van der Waals surface area contributed by atoms with Crippen molar-refractivity contribution in [3.8, 4) is 0 Å². The van der Waals surface area contributed by atoms with E-state index in [4.69, 9.17) is 11.6 Å². The van der Waals surface area contributed by atoms with E-state index in [-0.39, 0.29) is 24.2 Å². The molecular weight excluding hydrogens is 290 g/mol. The fourth-order valence-electron chi connectivity index (χ4n) is 2.27. The van der Waals surface area contributed by atoms with Crippen LogP contribution in [0.1, 0.15) is 33.6 Å². The van der Waals surface area contributed by atoms with Gasteiger partial charge in [-0.15, -0.1) is 0 Å². The van der Waals surface area contributed by atoms with Gasteiger partial charge in [0.25, 0.3) is 0 Å². The normalized spacial score (nSPS) is 13.8. The van der Waals surface area contributed by atoms with Crippen molar-refractivity contribution < 1.29 is 14.7 Å². The molecule has 2 atom stereocenters. The van der Waals surface area contributed by atoms with E-state index in [0.29, 0.717) is 17.1 Å². The molecule has 116 valence electrons. The zero-order valence-corrected chi connectivity index (χ0v) is 13.3. The fourth-order valence-corrected chi connectivity index (χ4v) is 2.45. The van der Waals surface area contributed by atoms with Crippen molar-refractivity contribution >= 4 is 29.2 Å². The lowest BCUT2D eigenvalue weighted by Crippen LogP contribution is -2.37. The maximum absolute atomic E-state index is 12.0. The lowest BCUT2D eigenvalue weighted by molar-refractivity contribution is -0.313. The molecule has 0 aromatic heterocycles. The summed E-state index contributed by atoms with van der Waals surface area (Å²) in [5.41, 5.74) is 0.533. The van der Waals surface area contributed by atoms with Crippen LogP contribution in [0.4, 0.5) is 5.69 Å². The molecule has 0 aliphatic carbocycles. The maximum Gasteiger partial charge on any atom is 0.224 e. The number of carbonyl (C=O) groups is 2. The molecule has 1 N–H and O–H groups in total. The first-order valence-electron chi connectivity index (χ1n) is 7.06. The lowest BCUT2D eigenvalue weighted by Gasteiger charge is -2.26. The number of halogens is 1. The van der Waals surface area contributed by atoms with E-state index in [2.05, 4.69) is 5.32 Å². The molecule has 21 heavy (non-hydrogen) atoms. The van der Waals surface area contributed by atoms with E-state index >= 15 is 0 Å². The van der Waals surface area contributed by atoms with Crippen molar-refractivity contribution in [3.63, 3.8) is 0 Å². The molecule has 0 aliphatic rings. The first kappa shape index (κ1) is 17.5. The second-order valence-corrected chi connectivity index (χ2v) is 6.17. The van der Waals surface area contributed by atoms with Gasteiger partial charge in [0.1, 0.15) is 0 Å². The molecule has 1 rings (SSSR count). The van der Waals surface area contributed by atoms with Crippen LogP contribution < -0.4 is 10.4 Å². The van der Waals surface area contributed by atoms with E-state index in [0.717, 1.165) is 0 Å². The molecule has 0 saturated heterocycles. The quantitative estimate of drug-likeness (QED) is 0.842. The molecule has 0 unspecified atom stereocenters. The Bertz CT molecular complexity index is 502. The molecule has 0 aliphatic heterocycles. The Kier molecular flexibility index (Phi) is 6.69. The second kappa shape index (κ2) is 8.03. The minimum atomic E-state index is -1.10. The number of carboxylic acid groups (broad SMARTS) is 1. The van der Waals surface area contributed by atoms with Gasteiger partial charge in [0, 0.05) is 18.3 Å². The molecule has 0 heterocycles. The lowest BCUT2D eigenvalue weighted by atomic mass is 9.84. The Morgan fingerprint density at radius 3 is 2.38 bits per heavy atom. The molecule has 0 saturated carbocycles. The van der Waals surface area contributed by atoms with E-state index in [9.17, 15) is 14.7 Å². The molecular formula is C16H21ClNO3-. The standard InChI is InChI=1S/C16H22ClNO3/c1-10(2)8-12(16(20)21)11(3)9-15(19)18-14-7-5-4-6-13(14)17/h4-7,10-12H,8-9H2,1-3H3,(H,18,19)(H,20,21)/p-1/t11-,12-/m1/s1. The van der Waals surface area contributed by atoms with Gasteiger partial charge in [-0.1, -0.05) is 44.5 Å². The monoisotopic (exact) mass is 310 g/mol. The molecule has 1 aromatic carbocycles. The SMILES string of the molecule is CC(C)C[C@@H](C(=O)[O-])[C@H](C)CC(=O)Nc1ccccc1Cl. The third-order valence-electron chi connectivity index (χ3n) is 3.37. The van der Waals surface area contributed by atoms with Crippen molar-refractivity contribution in [1.29, 1.82) is 0 Å². The van der Waals surface area contributed by atoms with Crippen LogP contribution in [0.15, 0.2) is 24.3 Å². The Morgan fingerprint density at radius 2 is 1.86 bits per heavy atom. The van der Waals surface area contributed by atoms with Crippen LogP contribution in [-0.4, -0.2) is 11.9 Å². The average Bonchev–Trinajstić information content (AvgIpc) is 2.38. The van der Waals surface area contributed by atoms with Gasteiger partial charge in [-0.25, -0.2) is 0 Å². The van der Waals surface area contributed by atoms with Gasteiger partial charge in [-0.2, -0.15) is 0 Å². The maximum atomic E-state index is 12.0. The van der Waals surface area contributed by atoms with E-state index in [1.54, 1.807) is 31.2 Å². The van der Waals surface area contributed by atoms with Crippen LogP contribution in [0.5, 0.6) is 0 Å². The number of hydrogen-bond donors (Lipinski definition) is 1. The van der Waals surface area contributed by atoms with Crippen molar-refractivity contribution in [3.05, 3.63) is 29.3 Å². The topological polar surface area (TPSA) is 69.2 Å². The summed E-state index contributed by atoms with van der Waals surface area (Å²) in [6.07, 6.45) is 0.624. The highest BCUT2D eigenvalue weighted by Crippen LogP contribution is 2.25. The highest BCUT2D eigenvalue weighted by molar-refractivity contribution is 6.33. The van der Waals surface area contributed by atoms with Crippen molar-refractivity contribution in [1.82, 2.24) is 0 Å². The number of aliphatic carboxylic acids is 1. The van der Waals surface area contributed by atoms with Crippen LogP contribution in [0.2, 0.25) is 5.02 Å². The number of carboxylic acids is 1. The largest absolute Gasteiger partial charge is 0.550 e. The summed E-state index contributed by atoms with van der Waals surface area (Å²) in [5.74, 6) is -2.02. The number of hydrogen-bond acceptors (Lipinski definition) is 3. The van der Waals surface area contributed by atoms with Crippen LogP contribution in [0, 0.1) is 17.8 Å². The number of amides is 1. The predicted molar refractivity (Wildman–Crippen MR) is 81.8 cm³/mol. The van der Waals surface area contributed by atoms with Gasteiger partial charge < -0.3 is 15.2 Å². The number of nitrogens with one attached hydrogen (secondary N) is 1. The zero-order valence-electron chi connectivity index (χ0n) is 12.6. The average molecular weight is 311 g/mol. The minimum Gasteiger partial charge on any atom is -0.550 e. The highest BCUT2D eigenvalue weighted by atomic mass is 35.5. The number of anilines is 1. The summed E-state index contributed by atoms with van der Waals surface area (Å²) in [5, 5.41) is 14.4. The molecule has 0 radical (unpaired) electrons. The zero-order chi connectivity index (χ0) is 16.0. The van der Waals surface area contributed by atoms with Crippen LogP contribution in [-0.2, 0) is 9.59 Å². The van der Waals surface area contributed by atoms with Crippen molar-refractivity contribution in [2.75, 3.05) is 5.32 Å². The first-order valence-corrected chi connectivity index (χ1v) is 7.44. The van der Waals surface area contributed by atoms with Crippen LogP contribution in [0.25, 0.3) is 0 Å². The summed E-state index contributed by atoms with van der Waals surface area (Å²) in [4.78, 5) is 23.2. The van der Waals surface area contributed by atoms with Gasteiger partial charge in [0.05, 0.1) is 10.7 Å². The van der Waals surface area contributed by atoms with Crippen molar-refractivity contribution in [2.24, 2.45) is 17.8 Å². The second-order valence-electron chi connectivity index (χ2n) is 5.76. The Labute approximate surface area is 130 Å². The van der Waals surface area contributed by atoms with Crippen LogP contribution in [0.3, 0.4) is 0 Å². The van der Waals surface area contributed by atoms with E-state index < -0.39 is 11.9 Å². The first-order chi connectivity index (χ1) is 9.81. The molecule has 4 nitrogen and oxygen atoms in total. The van der Waals surface area contributed by atoms with Gasteiger partial charge in [0.15, 0.2) is 0 Å². The fraction of sp³-hybridized carbons (Fsp3) is 0.500. The third-order valence-corrected chi connectivity index (χ3v) is 3.70. The molecule has 0 spiro atoms. The number of carbonyl (C=O) groups excluding carboxylic acids is 2. The Balaban J connectivity index is 2.64. The Morgan fingerprint density at radius 1 is 1.24 bits per heavy atom. The molecule has 5 heteroatoms.